The number of hydrogen-bond acceptors (Lipinski definition) is 2. The predicted molar refractivity (Wildman–Crippen MR) is 102 cm³/mol. The van der Waals surface area contributed by atoms with E-state index in [0.717, 1.165) is 37.8 Å². The molecule has 0 spiro atoms. The lowest BCUT2D eigenvalue weighted by atomic mass is 9.89. The minimum atomic E-state index is -0.203. The molecular weight excluding hydrogens is 339 g/mol. The quantitative estimate of drug-likeness (QED) is 0.790. The summed E-state index contributed by atoms with van der Waals surface area (Å²) < 4.78 is 13.3. The van der Waals surface area contributed by atoms with Crippen LogP contribution < -0.4 is 5.32 Å². The molecule has 2 aliphatic rings. The van der Waals surface area contributed by atoms with E-state index in [1.807, 2.05) is 11.0 Å². The Morgan fingerprint density at radius 2 is 1.96 bits per heavy atom. The highest BCUT2D eigenvalue weighted by molar-refractivity contribution is 5.85. The van der Waals surface area contributed by atoms with E-state index < -0.39 is 0 Å². The Bertz CT molecular complexity index is 556. The van der Waals surface area contributed by atoms with Gasteiger partial charge in [0.2, 0.25) is 5.91 Å². The van der Waals surface area contributed by atoms with Gasteiger partial charge in [-0.1, -0.05) is 19.1 Å². The summed E-state index contributed by atoms with van der Waals surface area (Å²) >= 11 is 0. The van der Waals surface area contributed by atoms with Crippen molar-refractivity contribution >= 4 is 18.3 Å². The zero-order valence-electron chi connectivity index (χ0n) is 15.0. The Morgan fingerprint density at radius 1 is 1.24 bits per heavy atom. The van der Waals surface area contributed by atoms with E-state index in [9.17, 15) is 9.18 Å². The van der Waals surface area contributed by atoms with Crippen LogP contribution in [0.15, 0.2) is 24.3 Å². The van der Waals surface area contributed by atoms with Crippen LogP contribution in [0.2, 0.25) is 0 Å². The van der Waals surface area contributed by atoms with E-state index in [2.05, 4.69) is 12.2 Å². The van der Waals surface area contributed by atoms with Gasteiger partial charge in [0.15, 0.2) is 0 Å². The first-order chi connectivity index (χ1) is 11.6. The normalized spacial score (nSPS) is 24.6. The molecule has 140 valence electrons. The summed E-state index contributed by atoms with van der Waals surface area (Å²) in [5.74, 6) is 0.607. The number of carbonyl (C=O) groups excluding carboxylic acids is 1. The maximum Gasteiger partial charge on any atom is 0.222 e. The minimum absolute atomic E-state index is 0. The lowest BCUT2D eigenvalue weighted by Gasteiger charge is -2.31. The molecule has 2 heterocycles. The minimum Gasteiger partial charge on any atom is -0.342 e. The highest BCUT2D eigenvalue weighted by Crippen LogP contribution is 2.33. The number of carbonyl (C=O) groups is 1. The Hall–Kier alpha value is -1.13. The van der Waals surface area contributed by atoms with Gasteiger partial charge < -0.3 is 10.2 Å². The van der Waals surface area contributed by atoms with E-state index in [1.165, 1.54) is 18.9 Å². The molecule has 5 heteroatoms. The Kier molecular flexibility index (Phi) is 7.70. The summed E-state index contributed by atoms with van der Waals surface area (Å²) in [6, 6.07) is 7.97. The van der Waals surface area contributed by atoms with Gasteiger partial charge in [0.25, 0.3) is 0 Å². The van der Waals surface area contributed by atoms with Crippen LogP contribution >= 0.6 is 12.4 Å². The number of fused-ring (bicyclic) bond motifs is 2. The van der Waals surface area contributed by atoms with E-state index in [4.69, 9.17) is 0 Å². The fourth-order valence-corrected chi connectivity index (χ4v) is 4.31. The number of piperidine rings is 1. The summed E-state index contributed by atoms with van der Waals surface area (Å²) in [7, 11) is 0. The molecule has 0 radical (unpaired) electrons. The molecule has 2 bridgehead atoms. The third-order valence-electron chi connectivity index (χ3n) is 5.44. The van der Waals surface area contributed by atoms with Crippen molar-refractivity contribution in [2.24, 2.45) is 5.92 Å². The summed E-state index contributed by atoms with van der Waals surface area (Å²) in [5, 5.41) is 3.64. The monoisotopic (exact) mass is 368 g/mol. The zero-order valence-corrected chi connectivity index (χ0v) is 15.9. The van der Waals surface area contributed by atoms with Crippen molar-refractivity contribution in [3.8, 4) is 0 Å². The van der Waals surface area contributed by atoms with Crippen molar-refractivity contribution in [3.05, 3.63) is 35.6 Å². The van der Waals surface area contributed by atoms with E-state index >= 15 is 0 Å². The number of hydrogen-bond donors (Lipinski definition) is 1. The number of nitrogens with zero attached hydrogens (tertiary/aromatic N) is 1. The van der Waals surface area contributed by atoms with Gasteiger partial charge in [0.05, 0.1) is 0 Å². The molecule has 3 nitrogen and oxygen atoms in total. The van der Waals surface area contributed by atoms with Crippen molar-refractivity contribution in [2.45, 2.75) is 64.0 Å². The van der Waals surface area contributed by atoms with Crippen LogP contribution in [0.25, 0.3) is 0 Å². The molecule has 2 unspecified atom stereocenters. The van der Waals surface area contributed by atoms with Crippen LogP contribution in [-0.2, 0) is 11.2 Å². The maximum atomic E-state index is 13.3. The molecule has 0 saturated carbocycles. The molecule has 2 fully saturated rings. The second-order valence-corrected chi connectivity index (χ2v) is 7.44. The van der Waals surface area contributed by atoms with Gasteiger partial charge >= 0.3 is 0 Å². The van der Waals surface area contributed by atoms with Gasteiger partial charge in [0, 0.05) is 31.6 Å². The molecule has 0 aromatic heterocycles. The van der Waals surface area contributed by atoms with Crippen molar-refractivity contribution < 1.29 is 9.18 Å². The lowest BCUT2D eigenvalue weighted by molar-refractivity contribution is -0.132. The zero-order chi connectivity index (χ0) is 16.9. The molecule has 1 aromatic carbocycles. The first kappa shape index (κ1) is 20.2. The summed E-state index contributed by atoms with van der Waals surface area (Å²) in [6.45, 7) is 3.59. The third-order valence-corrected chi connectivity index (χ3v) is 5.44. The van der Waals surface area contributed by atoms with E-state index in [-0.39, 0.29) is 24.1 Å². The number of nitrogens with one attached hydrogen (secondary N) is 1. The third kappa shape index (κ3) is 5.68. The second kappa shape index (κ2) is 9.54. The summed E-state index contributed by atoms with van der Waals surface area (Å²) in [6.07, 6.45) is 7.20. The Labute approximate surface area is 156 Å². The fraction of sp³-hybridized carbons (Fsp3) is 0.650. The average Bonchev–Trinajstić information content (AvgIpc) is 2.90. The van der Waals surface area contributed by atoms with Crippen LogP contribution in [0.4, 0.5) is 4.39 Å². The van der Waals surface area contributed by atoms with Gasteiger partial charge in [-0.25, -0.2) is 4.39 Å². The first-order valence-corrected chi connectivity index (χ1v) is 9.42. The van der Waals surface area contributed by atoms with Gasteiger partial charge in [-0.05, 0) is 62.1 Å². The van der Waals surface area contributed by atoms with Crippen LogP contribution in [0.5, 0.6) is 0 Å². The lowest BCUT2D eigenvalue weighted by Crippen LogP contribution is -2.41. The maximum absolute atomic E-state index is 13.3. The number of amides is 1. The molecule has 1 N–H and O–H groups in total. The predicted octanol–water partition coefficient (Wildman–Crippen LogP) is 3.95. The van der Waals surface area contributed by atoms with Gasteiger partial charge in [-0.3, -0.25) is 4.79 Å². The first-order valence-electron chi connectivity index (χ1n) is 9.42. The Morgan fingerprint density at radius 3 is 2.60 bits per heavy atom. The molecule has 2 atom stereocenters. The number of rotatable bonds is 7. The fourth-order valence-electron chi connectivity index (χ4n) is 4.31. The van der Waals surface area contributed by atoms with Crippen molar-refractivity contribution in [1.82, 2.24) is 10.2 Å². The van der Waals surface area contributed by atoms with Gasteiger partial charge in [-0.2, -0.15) is 0 Å². The van der Waals surface area contributed by atoms with Crippen molar-refractivity contribution in [1.29, 1.82) is 0 Å². The topological polar surface area (TPSA) is 32.3 Å². The largest absolute Gasteiger partial charge is 0.342 e. The molecule has 3 rings (SSSR count). The highest BCUT2D eigenvalue weighted by Gasteiger charge is 2.34. The molecule has 2 saturated heterocycles. The summed E-state index contributed by atoms with van der Waals surface area (Å²) in [5.41, 5.74) is 0.962. The summed E-state index contributed by atoms with van der Waals surface area (Å²) in [4.78, 5) is 14.7. The molecule has 2 aliphatic heterocycles. The Balaban J connectivity index is 0.00000225. The highest BCUT2D eigenvalue weighted by atomic mass is 35.5. The molecule has 1 amide bonds. The molecule has 1 aromatic rings. The number of halogens is 2. The molecular formula is C20H30ClFN2O. The number of benzene rings is 1. The molecule has 25 heavy (non-hydrogen) atoms. The smallest absolute Gasteiger partial charge is 0.222 e. The van der Waals surface area contributed by atoms with Gasteiger partial charge in [-0.15, -0.1) is 12.4 Å². The second-order valence-electron chi connectivity index (χ2n) is 7.44. The van der Waals surface area contributed by atoms with Crippen LogP contribution in [0.3, 0.4) is 0 Å². The molecule has 0 aliphatic carbocycles. The van der Waals surface area contributed by atoms with Crippen molar-refractivity contribution in [3.63, 3.8) is 0 Å². The van der Waals surface area contributed by atoms with Crippen molar-refractivity contribution in [2.75, 3.05) is 13.1 Å². The average molecular weight is 369 g/mol. The van der Waals surface area contributed by atoms with Crippen LogP contribution in [0.1, 0.15) is 51.0 Å². The van der Waals surface area contributed by atoms with E-state index in [1.54, 1.807) is 12.1 Å². The van der Waals surface area contributed by atoms with Crippen LogP contribution in [-0.4, -0.2) is 36.0 Å². The van der Waals surface area contributed by atoms with Crippen LogP contribution in [0, 0.1) is 11.7 Å². The SMILES string of the molecule is CCCN(CCc1cccc(F)c1)C(=O)CC1CC2CCC(C1)N2.Cl. The standard InChI is InChI=1S/C20H29FN2O.ClH/c1-2-9-23(10-8-15-4-3-5-17(21)11-15)20(24)14-16-12-18-6-7-19(13-16)22-18;/h3-5,11,16,18-19,22H,2,6-10,12-14H2,1H3;1H. The van der Waals surface area contributed by atoms with Gasteiger partial charge in [0.1, 0.15) is 5.82 Å². The van der Waals surface area contributed by atoms with E-state index in [0.29, 0.717) is 31.0 Å².